The molecular weight excluding hydrogens is 552 g/mol. The summed E-state index contributed by atoms with van der Waals surface area (Å²) in [6.07, 6.45) is 5.07. The van der Waals surface area contributed by atoms with Gasteiger partial charge in [0.25, 0.3) is 5.91 Å². The molecule has 3 aromatic rings. The molecule has 2 atom stereocenters. The number of nitrogens with zero attached hydrogens (tertiary/aromatic N) is 1. The van der Waals surface area contributed by atoms with Crippen LogP contribution in [0.15, 0.2) is 78.9 Å². The fourth-order valence-corrected chi connectivity index (χ4v) is 5.59. The molecule has 8 heteroatoms. The molecule has 0 aliphatic heterocycles. The zero-order chi connectivity index (χ0) is 29.7. The minimum atomic E-state index is -0.983. The van der Waals surface area contributed by atoms with E-state index in [-0.39, 0.29) is 30.9 Å². The Hall–Kier alpha value is -3.55. The number of amides is 2. The van der Waals surface area contributed by atoms with Crippen molar-refractivity contribution in [3.63, 3.8) is 0 Å². The lowest BCUT2D eigenvalue weighted by Gasteiger charge is -2.33. The predicted octanol–water partition coefficient (Wildman–Crippen LogP) is 5.47. The van der Waals surface area contributed by atoms with Crippen molar-refractivity contribution in [2.24, 2.45) is 5.92 Å². The standard InChI is InChI=1S/C34H41ClN2O5/c1-41-29-17-15-25(16-18-29)19-20-37(34(40)27-11-6-3-7-12-27)23-32(38)31(21-26-9-4-2-5-10-26)36-33(39)24-42-30-14-8-13-28(35)22-30/h2,4-5,8-10,13-18,22,27,31-32,38H,3,6-7,11-12,19-21,23-24H2,1H3,(H,36,39). The highest BCUT2D eigenvalue weighted by atomic mass is 35.5. The largest absolute Gasteiger partial charge is 0.497 e. The number of benzene rings is 3. The molecule has 3 aromatic carbocycles. The van der Waals surface area contributed by atoms with Gasteiger partial charge in [0, 0.05) is 24.0 Å². The summed E-state index contributed by atoms with van der Waals surface area (Å²) in [5.74, 6) is 0.952. The van der Waals surface area contributed by atoms with Crippen molar-refractivity contribution in [1.29, 1.82) is 0 Å². The molecule has 1 fully saturated rings. The lowest BCUT2D eigenvalue weighted by Crippen LogP contribution is -2.52. The lowest BCUT2D eigenvalue weighted by atomic mass is 9.88. The molecule has 0 radical (unpaired) electrons. The van der Waals surface area contributed by atoms with Crippen LogP contribution >= 0.6 is 11.6 Å². The normalized spacial score (nSPS) is 14.9. The average Bonchev–Trinajstić information content (AvgIpc) is 3.02. The van der Waals surface area contributed by atoms with Crippen LogP contribution in [0.2, 0.25) is 5.02 Å². The number of carbonyl (C=O) groups is 2. The summed E-state index contributed by atoms with van der Waals surface area (Å²) < 4.78 is 10.9. The first-order valence-corrected chi connectivity index (χ1v) is 15.1. The van der Waals surface area contributed by atoms with Gasteiger partial charge in [-0.1, -0.05) is 79.4 Å². The maximum absolute atomic E-state index is 13.7. The Labute approximate surface area is 253 Å². The Bertz CT molecular complexity index is 1260. The highest BCUT2D eigenvalue weighted by Gasteiger charge is 2.30. The van der Waals surface area contributed by atoms with Gasteiger partial charge in [0.05, 0.1) is 19.3 Å². The Morgan fingerprint density at radius 1 is 0.952 bits per heavy atom. The average molecular weight is 593 g/mol. The topological polar surface area (TPSA) is 88.1 Å². The van der Waals surface area contributed by atoms with Crippen LogP contribution < -0.4 is 14.8 Å². The van der Waals surface area contributed by atoms with Crippen molar-refractivity contribution < 1.29 is 24.2 Å². The van der Waals surface area contributed by atoms with E-state index < -0.39 is 12.1 Å². The smallest absolute Gasteiger partial charge is 0.258 e. The molecule has 2 N–H and O–H groups in total. The predicted molar refractivity (Wildman–Crippen MR) is 165 cm³/mol. The molecule has 0 spiro atoms. The molecule has 1 aliphatic rings. The van der Waals surface area contributed by atoms with Gasteiger partial charge >= 0.3 is 0 Å². The molecule has 0 aromatic heterocycles. The van der Waals surface area contributed by atoms with Crippen LogP contribution in [0.3, 0.4) is 0 Å². The van der Waals surface area contributed by atoms with Gasteiger partial charge in [0.15, 0.2) is 6.61 Å². The van der Waals surface area contributed by atoms with E-state index in [0.29, 0.717) is 30.2 Å². The number of halogens is 1. The van der Waals surface area contributed by atoms with Crippen LogP contribution in [-0.4, -0.2) is 60.8 Å². The summed E-state index contributed by atoms with van der Waals surface area (Å²) in [5, 5.41) is 15.0. The summed E-state index contributed by atoms with van der Waals surface area (Å²) >= 11 is 6.03. The zero-order valence-electron chi connectivity index (χ0n) is 24.2. The quantitative estimate of drug-likeness (QED) is 0.259. The summed E-state index contributed by atoms with van der Waals surface area (Å²) in [4.78, 5) is 28.5. The van der Waals surface area contributed by atoms with E-state index in [1.165, 1.54) is 0 Å². The number of nitrogens with one attached hydrogen (secondary N) is 1. The fraction of sp³-hybridized carbons (Fsp3) is 0.412. The lowest BCUT2D eigenvalue weighted by molar-refractivity contribution is -0.138. The minimum Gasteiger partial charge on any atom is -0.497 e. The summed E-state index contributed by atoms with van der Waals surface area (Å²) in [5.41, 5.74) is 2.06. The van der Waals surface area contributed by atoms with Gasteiger partial charge in [0.2, 0.25) is 5.91 Å². The first-order chi connectivity index (χ1) is 20.4. The Morgan fingerprint density at radius 3 is 2.38 bits per heavy atom. The Kier molecular flexibility index (Phi) is 12.1. The van der Waals surface area contributed by atoms with Gasteiger partial charge in [-0.2, -0.15) is 0 Å². The van der Waals surface area contributed by atoms with E-state index in [0.717, 1.165) is 49.0 Å². The number of hydrogen-bond acceptors (Lipinski definition) is 5. The van der Waals surface area contributed by atoms with Gasteiger partial charge in [-0.25, -0.2) is 0 Å². The van der Waals surface area contributed by atoms with Gasteiger partial charge in [-0.05, 0) is 67.1 Å². The third kappa shape index (κ3) is 9.78. The van der Waals surface area contributed by atoms with Gasteiger partial charge < -0.3 is 24.8 Å². The van der Waals surface area contributed by atoms with E-state index in [1.54, 1.807) is 36.3 Å². The summed E-state index contributed by atoms with van der Waals surface area (Å²) in [6.45, 7) is 0.377. The molecule has 1 aliphatic carbocycles. The fourth-order valence-electron chi connectivity index (χ4n) is 5.41. The number of ether oxygens (including phenoxy) is 2. The molecule has 1 saturated carbocycles. The number of aliphatic hydroxyl groups is 1. The van der Waals surface area contributed by atoms with E-state index in [1.807, 2.05) is 54.6 Å². The zero-order valence-corrected chi connectivity index (χ0v) is 25.0. The molecule has 0 bridgehead atoms. The summed E-state index contributed by atoms with van der Waals surface area (Å²) in [6, 6.07) is 23.8. The number of methoxy groups -OCH3 is 1. The van der Waals surface area contributed by atoms with E-state index in [4.69, 9.17) is 21.1 Å². The van der Waals surface area contributed by atoms with Gasteiger partial charge in [0.1, 0.15) is 11.5 Å². The monoisotopic (exact) mass is 592 g/mol. The van der Waals surface area contributed by atoms with Crippen molar-refractivity contribution >= 4 is 23.4 Å². The molecule has 224 valence electrons. The number of rotatable bonds is 14. The van der Waals surface area contributed by atoms with Crippen LogP contribution in [0.25, 0.3) is 0 Å². The van der Waals surface area contributed by atoms with Crippen LogP contribution in [-0.2, 0) is 22.4 Å². The van der Waals surface area contributed by atoms with E-state index in [9.17, 15) is 14.7 Å². The summed E-state index contributed by atoms with van der Waals surface area (Å²) in [7, 11) is 1.63. The van der Waals surface area contributed by atoms with Crippen molar-refractivity contribution in [2.45, 2.75) is 57.1 Å². The second-order valence-electron chi connectivity index (χ2n) is 10.9. The van der Waals surface area contributed by atoms with Gasteiger partial charge in [-0.3, -0.25) is 9.59 Å². The van der Waals surface area contributed by atoms with Crippen LogP contribution in [0, 0.1) is 5.92 Å². The Balaban J connectivity index is 1.46. The molecule has 0 heterocycles. The second-order valence-corrected chi connectivity index (χ2v) is 11.3. The third-order valence-corrected chi connectivity index (χ3v) is 8.01. The highest BCUT2D eigenvalue weighted by Crippen LogP contribution is 2.26. The SMILES string of the molecule is COc1ccc(CCN(CC(O)C(Cc2ccccc2)NC(=O)COc2cccc(Cl)c2)C(=O)C2CCCCC2)cc1. The van der Waals surface area contributed by atoms with Gasteiger partial charge in [-0.15, -0.1) is 0 Å². The highest BCUT2D eigenvalue weighted by molar-refractivity contribution is 6.30. The van der Waals surface area contributed by atoms with E-state index in [2.05, 4.69) is 5.32 Å². The molecule has 2 unspecified atom stereocenters. The first-order valence-electron chi connectivity index (χ1n) is 14.7. The molecule has 4 rings (SSSR count). The second kappa shape index (κ2) is 16.2. The molecule has 42 heavy (non-hydrogen) atoms. The molecule has 7 nitrogen and oxygen atoms in total. The van der Waals surface area contributed by atoms with Crippen molar-refractivity contribution in [3.05, 3.63) is 95.0 Å². The van der Waals surface area contributed by atoms with Crippen molar-refractivity contribution in [3.8, 4) is 11.5 Å². The minimum absolute atomic E-state index is 0.0323. The maximum Gasteiger partial charge on any atom is 0.258 e. The number of aliphatic hydroxyl groups excluding tert-OH is 1. The van der Waals surface area contributed by atoms with Crippen LogP contribution in [0.4, 0.5) is 0 Å². The number of hydrogen-bond donors (Lipinski definition) is 2. The number of carbonyl (C=O) groups excluding carboxylic acids is 2. The van der Waals surface area contributed by atoms with Crippen LogP contribution in [0.5, 0.6) is 11.5 Å². The van der Waals surface area contributed by atoms with Crippen molar-refractivity contribution in [2.75, 3.05) is 26.8 Å². The molecule has 2 amide bonds. The Morgan fingerprint density at radius 2 is 1.69 bits per heavy atom. The first kappa shape index (κ1) is 31.4. The maximum atomic E-state index is 13.7. The molecule has 0 saturated heterocycles. The van der Waals surface area contributed by atoms with E-state index >= 15 is 0 Å². The van der Waals surface area contributed by atoms with Crippen molar-refractivity contribution in [1.82, 2.24) is 10.2 Å². The third-order valence-electron chi connectivity index (χ3n) is 7.78. The van der Waals surface area contributed by atoms with Crippen LogP contribution in [0.1, 0.15) is 43.2 Å². The molecular formula is C34H41ClN2O5.